The topological polar surface area (TPSA) is 62.4 Å². The van der Waals surface area contributed by atoms with Gasteiger partial charge in [0.25, 0.3) is 0 Å². The Kier molecular flexibility index (Phi) is 9.87. The molecule has 106 valence electrons. The lowest BCUT2D eigenvalue weighted by Crippen LogP contribution is -2.31. The number of aliphatic imine (C=N–C) groups is 1. The third kappa shape index (κ3) is 8.41. The first-order valence-electron chi connectivity index (χ1n) is 5.86. The number of nitrogens with two attached hydrogens (primary N) is 1. The van der Waals surface area contributed by atoms with Crippen LogP contribution in [-0.2, 0) is 0 Å². The van der Waals surface area contributed by atoms with Gasteiger partial charge >= 0.3 is 0 Å². The molecule has 4 N–H and O–H groups in total. The Morgan fingerprint density at radius 3 is 2.95 bits per heavy atom. The van der Waals surface area contributed by atoms with E-state index in [1.807, 2.05) is 6.07 Å². The fraction of sp³-hybridized carbons (Fsp3) is 0.308. The summed E-state index contributed by atoms with van der Waals surface area (Å²) in [5.41, 5.74) is 6.37. The highest BCUT2D eigenvalue weighted by atomic mass is 127. The lowest BCUT2D eigenvalue weighted by molar-refractivity contribution is 0.628. The highest BCUT2D eigenvalue weighted by Gasteiger charge is 1.94. The first kappa shape index (κ1) is 17.7. The quantitative estimate of drug-likeness (QED) is 0.224. The van der Waals surface area contributed by atoms with Gasteiger partial charge in [-0.15, -0.1) is 30.6 Å². The van der Waals surface area contributed by atoms with Crippen molar-refractivity contribution in [2.45, 2.75) is 6.42 Å². The van der Waals surface area contributed by atoms with E-state index in [0.29, 0.717) is 19.0 Å². The molecule has 0 radical (unpaired) electrons. The molecule has 0 amide bonds. The predicted octanol–water partition coefficient (Wildman–Crippen LogP) is 2.34. The van der Waals surface area contributed by atoms with Crippen molar-refractivity contribution in [3.05, 3.63) is 42.7 Å². The normalized spacial score (nSPS) is 10.5. The maximum absolute atomic E-state index is 12.9. The SMILES string of the molecule is C=CCNC(N)=NCCCNc1cccc(F)c1.I. The van der Waals surface area contributed by atoms with E-state index in [4.69, 9.17) is 5.73 Å². The number of nitrogens with zero attached hydrogens (tertiary/aromatic N) is 1. The van der Waals surface area contributed by atoms with Crippen LogP contribution in [0.4, 0.5) is 10.1 Å². The second kappa shape index (κ2) is 10.6. The van der Waals surface area contributed by atoms with Gasteiger partial charge < -0.3 is 16.4 Å². The minimum absolute atomic E-state index is 0. The number of hydrogen-bond donors (Lipinski definition) is 3. The van der Waals surface area contributed by atoms with Crippen LogP contribution in [0, 0.1) is 5.82 Å². The van der Waals surface area contributed by atoms with Crippen molar-refractivity contribution in [3.8, 4) is 0 Å². The molecule has 0 atom stereocenters. The number of nitrogens with one attached hydrogen (secondary N) is 2. The molecule has 6 heteroatoms. The minimum Gasteiger partial charge on any atom is -0.385 e. The second-order valence-corrected chi connectivity index (χ2v) is 3.73. The molecule has 0 aliphatic heterocycles. The Balaban J connectivity index is 0.00000324. The molecule has 0 heterocycles. The van der Waals surface area contributed by atoms with Gasteiger partial charge in [-0.1, -0.05) is 12.1 Å². The van der Waals surface area contributed by atoms with Gasteiger partial charge in [-0.25, -0.2) is 4.39 Å². The average molecular weight is 378 g/mol. The van der Waals surface area contributed by atoms with Crippen molar-refractivity contribution < 1.29 is 4.39 Å². The molecule has 0 saturated carbocycles. The molecule has 1 aromatic rings. The standard InChI is InChI=1S/C13H19FN4.HI/c1-2-7-17-13(15)18-9-4-8-16-12-6-3-5-11(14)10-12;/h2-3,5-6,10,16H,1,4,7-9H2,(H3,15,17,18);1H. The van der Waals surface area contributed by atoms with E-state index in [9.17, 15) is 4.39 Å². The van der Waals surface area contributed by atoms with E-state index in [1.54, 1.807) is 12.1 Å². The van der Waals surface area contributed by atoms with E-state index >= 15 is 0 Å². The number of guanidine groups is 1. The van der Waals surface area contributed by atoms with Crippen LogP contribution in [0.15, 0.2) is 41.9 Å². The van der Waals surface area contributed by atoms with E-state index in [1.165, 1.54) is 12.1 Å². The van der Waals surface area contributed by atoms with Crippen molar-refractivity contribution in [1.82, 2.24) is 5.32 Å². The summed E-state index contributed by atoms with van der Waals surface area (Å²) in [6.45, 7) is 5.52. The largest absolute Gasteiger partial charge is 0.385 e. The van der Waals surface area contributed by atoms with Crippen LogP contribution in [-0.4, -0.2) is 25.6 Å². The molecule has 19 heavy (non-hydrogen) atoms. The number of halogens is 2. The summed E-state index contributed by atoms with van der Waals surface area (Å²) in [4.78, 5) is 4.13. The summed E-state index contributed by atoms with van der Waals surface area (Å²) in [5.74, 6) is 0.177. The minimum atomic E-state index is -0.240. The van der Waals surface area contributed by atoms with E-state index < -0.39 is 0 Å². The highest BCUT2D eigenvalue weighted by molar-refractivity contribution is 14.0. The summed E-state index contributed by atoms with van der Waals surface area (Å²) in [7, 11) is 0. The van der Waals surface area contributed by atoms with E-state index in [0.717, 1.165) is 18.7 Å². The molecule has 0 aromatic heterocycles. The van der Waals surface area contributed by atoms with Crippen LogP contribution in [0.2, 0.25) is 0 Å². The number of rotatable bonds is 7. The molecule has 0 unspecified atom stereocenters. The van der Waals surface area contributed by atoms with Gasteiger partial charge in [-0.2, -0.15) is 0 Å². The number of anilines is 1. The molecule has 0 fully saturated rings. The predicted molar refractivity (Wildman–Crippen MR) is 89.6 cm³/mol. The summed E-state index contributed by atoms with van der Waals surface area (Å²) >= 11 is 0. The summed E-state index contributed by atoms with van der Waals surface area (Å²) in [6.07, 6.45) is 2.54. The third-order valence-electron chi connectivity index (χ3n) is 2.20. The zero-order valence-corrected chi connectivity index (χ0v) is 13.1. The molecule has 0 bridgehead atoms. The summed E-state index contributed by atoms with van der Waals surface area (Å²) in [6, 6.07) is 6.38. The number of hydrogen-bond acceptors (Lipinski definition) is 2. The fourth-order valence-electron chi connectivity index (χ4n) is 1.34. The maximum Gasteiger partial charge on any atom is 0.188 e. The number of benzene rings is 1. The fourth-order valence-corrected chi connectivity index (χ4v) is 1.34. The Hall–Kier alpha value is -1.31. The smallest absolute Gasteiger partial charge is 0.188 e. The van der Waals surface area contributed by atoms with Crippen molar-refractivity contribution in [3.63, 3.8) is 0 Å². The molecular formula is C13H20FIN4. The van der Waals surface area contributed by atoms with Crippen LogP contribution < -0.4 is 16.4 Å². The Bertz CT molecular complexity index is 409. The Labute approximate surface area is 130 Å². The molecule has 1 rings (SSSR count). The zero-order valence-electron chi connectivity index (χ0n) is 10.7. The second-order valence-electron chi connectivity index (χ2n) is 3.73. The summed E-state index contributed by atoms with van der Waals surface area (Å²) in [5, 5.41) is 6.00. The van der Waals surface area contributed by atoms with Crippen molar-refractivity contribution >= 4 is 35.6 Å². The molecule has 4 nitrogen and oxygen atoms in total. The van der Waals surface area contributed by atoms with Crippen molar-refractivity contribution in [2.75, 3.05) is 25.0 Å². The third-order valence-corrected chi connectivity index (χ3v) is 2.20. The monoisotopic (exact) mass is 378 g/mol. The van der Waals surface area contributed by atoms with Crippen molar-refractivity contribution in [2.24, 2.45) is 10.7 Å². The van der Waals surface area contributed by atoms with Gasteiger partial charge in [0.15, 0.2) is 5.96 Å². The van der Waals surface area contributed by atoms with Crippen LogP contribution in [0.25, 0.3) is 0 Å². The van der Waals surface area contributed by atoms with Gasteiger partial charge in [0.05, 0.1) is 0 Å². The van der Waals surface area contributed by atoms with Crippen LogP contribution in [0.5, 0.6) is 0 Å². The molecule has 0 spiro atoms. The van der Waals surface area contributed by atoms with Gasteiger partial charge in [0.1, 0.15) is 5.82 Å². The zero-order chi connectivity index (χ0) is 13.2. The average Bonchev–Trinajstić information content (AvgIpc) is 2.36. The molecule has 0 aliphatic rings. The highest BCUT2D eigenvalue weighted by Crippen LogP contribution is 2.08. The van der Waals surface area contributed by atoms with E-state index in [2.05, 4.69) is 22.2 Å². The van der Waals surface area contributed by atoms with Gasteiger partial charge in [0, 0.05) is 25.3 Å². The van der Waals surface area contributed by atoms with Crippen molar-refractivity contribution in [1.29, 1.82) is 0 Å². The Morgan fingerprint density at radius 1 is 1.47 bits per heavy atom. The Morgan fingerprint density at radius 2 is 2.26 bits per heavy atom. The first-order chi connectivity index (χ1) is 8.72. The maximum atomic E-state index is 12.9. The van der Waals surface area contributed by atoms with E-state index in [-0.39, 0.29) is 29.8 Å². The lowest BCUT2D eigenvalue weighted by atomic mass is 10.3. The lowest BCUT2D eigenvalue weighted by Gasteiger charge is -2.05. The van der Waals surface area contributed by atoms with Gasteiger partial charge in [-0.05, 0) is 24.6 Å². The summed E-state index contributed by atoms with van der Waals surface area (Å²) < 4.78 is 12.9. The molecule has 0 aliphatic carbocycles. The molecular weight excluding hydrogens is 358 g/mol. The van der Waals surface area contributed by atoms with Gasteiger partial charge in [0.2, 0.25) is 0 Å². The van der Waals surface area contributed by atoms with Crippen LogP contribution in [0.1, 0.15) is 6.42 Å². The van der Waals surface area contributed by atoms with Crippen LogP contribution in [0.3, 0.4) is 0 Å². The molecule has 1 aromatic carbocycles. The first-order valence-corrected chi connectivity index (χ1v) is 5.86. The van der Waals surface area contributed by atoms with Crippen LogP contribution >= 0.6 is 24.0 Å². The van der Waals surface area contributed by atoms with Gasteiger partial charge in [-0.3, -0.25) is 4.99 Å². The molecule has 0 saturated heterocycles.